The number of esters is 1. The summed E-state index contributed by atoms with van der Waals surface area (Å²) in [5.74, 6) is -1.92. The zero-order valence-corrected chi connectivity index (χ0v) is 15.8. The molecule has 0 fully saturated rings. The third-order valence-electron chi connectivity index (χ3n) is 3.44. The summed E-state index contributed by atoms with van der Waals surface area (Å²) in [6.07, 6.45) is -1.30. The molecular weight excluding hydrogens is 397 g/mol. The number of carbonyl (C=O) groups excluding carboxylic acids is 3. The first kappa shape index (κ1) is 20.7. The van der Waals surface area contributed by atoms with Crippen molar-refractivity contribution in [1.29, 1.82) is 0 Å². The molecular formula is C17H17ClFN3O4S. The van der Waals surface area contributed by atoms with E-state index in [-0.39, 0.29) is 17.1 Å². The molecule has 0 spiro atoms. The van der Waals surface area contributed by atoms with E-state index in [4.69, 9.17) is 22.1 Å². The average molecular weight is 414 g/mol. The second kappa shape index (κ2) is 9.33. The summed E-state index contributed by atoms with van der Waals surface area (Å²) in [6.45, 7) is 1.39. The molecule has 0 saturated carbocycles. The largest absolute Gasteiger partial charge is 0.452 e. The molecule has 1 heterocycles. The molecule has 0 aliphatic rings. The number of thiophene rings is 1. The summed E-state index contributed by atoms with van der Waals surface area (Å²) >= 11 is 7.00. The first-order chi connectivity index (χ1) is 12.8. The number of hydrogen-bond acceptors (Lipinski definition) is 5. The highest BCUT2D eigenvalue weighted by Crippen LogP contribution is 2.23. The van der Waals surface area contributed by atoms with E-state index in [0.717, 1.165) is 10.9 Å². The lowest BCUT2D eigenvalue weighted by Gasteiger charge is -2.18. The van der Waals surface area contributed by atoms with Gasteiger partial charge in [-0.2, -0.15) is 0 Å². The molecule has 0 aliphatic heterocycles. The second-order valence-corrected chi connectivity index (χ2v) is 6.92. The summed E-state index contributed by atoms with van der Waals surface area (Å²) in [5.41, 5.74) is 5.40. The van der Waals surface area contributed by atoms with Gasteiger partial charge in [-0.15, -0.1) is 11.3 Å². The van der Waals surface area contributed by atoms with Gasteiger partial charge in [0.1, 0.15) is 5.82 Å². The number of anilines is 1. The normalized spacial score (nSPS) is 12.7. The Morgan fingerprint density at radius 2 is 2.07 bits per heavy atom. The number of primary amides is 1. The van der Waals surface area contributed by atoms with Gasteiger partial charge in [0.25, 0.3) is 5.91 Å². The maximum atomic E-state index is 13.1. The van der Waals surface area contributed by atoms with Crippen LogP contribution in [0.4, 0.5) is 14.9 Å². The van der Waals surface area contributed by atoms with E-state index in [1.165, 1.54) is 30.4 Å². The molecule has 3 amide bonds. The van der Waals surface area contributed by atoms with Crippen LogP contribution in [0.15, 0.2) is 35.7 Å². The Kier molecular flexibility index (Phi) is 7.14. The minimum atomic E-state index is -1.11. The van der Waals surface area contributed by atoms with Gasteiger partial charge < -0.3 is 21.1 Å². The van der Waals surface area contributed by atoms with Gasteiger partial charge in [0.2, 0.25) is 0 Å². The average Bonchev–Trinajstić information content (AvgIpc) is 3.11. The van der Waals surface area contributed by atoms with Gasteiger partial charge in [0, 0.05) is 10.6 Å². The van der Waals surface area contributed by atoms with Crippen LogP contribution in [0.3, 0.4) is 0 Å². The molecule has 0 aliphatic carbocycles. The lowest BCUT2D eigenvalue weighted by atomic mass is 10.1. The Bertz CT molecular complexity index is 832. The first-order valence-corrected chi connectivity index (χ1v) is 9.06. The molecule has 0 bridgehead atoms. The van der Waals surface area contributed by atoms with Crippen molar-refractivity contribution in [3.8, 4) is 0 Å². The SMILES string of the molecule is C[C@@H](OC(=O)C[C@H](NC(N)=O)c1cccs1)C(=O)Nc1ccc(F)c(Cl)c1. The lowest BCUT2D eigenvalue weighted by Crippen LogP contribution is -2.35. The van der Waals surface area contributed by atoms with Crippen LogP contribution in [0.5, 0.6) is 0 Å². The molecule has 7 nitrogen and oxygen atoms in total. The predicted molar refractivity (Wildman–Crippen MR) is 100.0 cm³/mol. The molecule has 0 saturated heterocycles. The Balaban J connectivity index is 1.93. The van der Waals surface area contributed by atoms with Crippen molar-refractivity contribution in [3.63, 3.8) is 0 Å². The van der Waals surface area contributed by atoms with Crippen LogP contribution in [0, 0.1) is 5.82 Å². The highest BCUT2D eigenvalue weighted by Gasteiger charge is 2.23. The van der Waals surface area contributed by atoms with Crippen molar-refractivity contribution in [2.24, 2.45) is 5.73 Å². The van der Waals surface area contributed by atoms with Crippen molar-refractivity contribution in [2.45, 2.75) is 25.5 Å². The molecule has 2 aromatic rings. The minimum absolute atomic E-state index is 0.145. The number of benzene rings is 1. The van der Waals surface area contributed by atoms with Crippen molar-refractivity contribution in [3.05, 3.63) is 51.4 Å². The fourth-order valence-corrected chi connectivity index (χ4v) is 3.13. The zero-order valence-electron chi connectivity index (χ0n) is 14.2. The van der Waals surface area contributed by atoms with Crippen molar-refractivity contribution >= 4 is 46.5 Å². The third-order valence-corrected chi connectivity index (χ3v) is 4.71. The van der Waals surface area contributed by atoms with E-state index in [9.17, 15) is 18.8 Å². The van der Waals surface area contributed by atoms with Gasteiger partial charge >= 0.3 is 12.0 Å². The van der Waals surface area contributed by atoms with Crippen LogP contribution >= 0.6 is 22.9 Å². The van der Waals surface area contributed by atoms with E-state index < -0.39 is 35.9 Å². The fraction of sp³-hybridized carbons (Fsp3) is 0.235. The van der Waals surface area contributed by atoms with Crippen LogP contribution in [-0.2, 0) is 14.3 Å². The number of urea groups is 1. The number of nitrogens with two attached hydrogens (primary N) is 1. The highest BCUT2D eigenvalue weighted by molar-refractivity contribution is 7.10. The topological polar surface area (TPSA) is 111 Å². The van der Waals surface area contributed by atoms with E-state index in [1.54, 1.807) is 17.5 Å². The third kappa shape index (κ3) is 6.22. The van der Waals surface area contributed by atoms with Crippen LogP contribution in [0.1, 0.15) is 24.3 Å². The zero-order chi connectivity index (χ0) is 20.0. The van der Waals surface area contributed by atoms with Crippen LogP contribution in [-0.4, -0.2) is 24.0 Å². The molecule has 1 aromatic heterocycles. The van der Waals surface area contributed by atoms with E-state index in [0.29, 0.717) is 0 Å². The van der Waals surface area contributed by atoms with Gasteiger partial charge in [-0.05, 0) is 36.6 Å². The number of ether oxygens (including phenoxy) is 1. The Morgan fingerprint density at radius 3 is 2.67 bits per heavy atom. The number of halogens is 2. The molecule has 144 valence electrons. The lowest BCUT2D eigenvalue weighted by molar-refractivity contribution is -0.153. The number of hydrogen-bond donors (Lipinski definition) is 3. The second-order valence-electron chi connectivity index (χ2n) is 5.53. The van der Waals surface area contributed by atoms with Crippen LogP contribution in [0.25, 0.3) is 0 Å². The number of carbonyl (C=O) groups is 3. The van der Waals surface area contributed by atoms with Crippen molar-refractivity contribution in [2.75, 3.05) is 5.32 Å². The quantitative estimate of drug-likeness (QED) is 0.605. The first-order valence-electron chi connectivity index (χ1n) is 7.81. The van der Waals surface area contributed by atoms with Crippen molar-refractivity contribution in [1.82, 2.24) is 5.32 Å². The van der Waals surface area contributed by atoms with Gasteiger partial charge in [0.15, 0.2) is 6.10 Å². The van der Waals surface area contributed by atoms with Gasteiger partial charge in [-0.3, -0.25) is 9.59 Å². The monoisotopic (exact) mass is 413 g/mol. The van der Waals surface area contributed by atoms with Gasteiger partial charge in [-0.25, -0.2) is 9.18 Å². The molecule has 0 radical (unpaired) electrons. The summed E-state index contributed by atoms with van der Waals surface area (Å²) in [4.78, 5) is 36.1. The molecule has 27 heavy (non-hydrogen) atoms. The molecule has 0 unspecified atom stereocenters. The minimum Gasteiger partial charge on any atom is -0.452 e. The van der Waals surface area contributed by atoms with E-state index in [1.807, 2.05) is 0 Å². The van der Waals surface area contributed by atoms with Crippen LogP contribution in [0.2, 0.25) is 5.02 Å². The van der Waals surface area contributed by atoms with E-state index >= 15 is 0 Å². The Hall–Kier alpha value is -2.65. The van der Waals surface area contributed by atoms with Crippen molar-refractivity contribution < 1.29 is 23.5 Å². The molecule has 10 heteroatoms. The highest BCUT2D eigenvalue weighted by atomic mass is 35.5. The van der Waals surface area contributed by atoms with Gasteiger partial charge in [-0.1, -0.05) is 17.7 Å². The van der Waals surface area contributed by atoms with Gasteiger partial charge in [0.05, 0.1) is 17.5 Å². The molecule has 2 atom stereocenters. The molecule has 1 aromatic carbocycles. The predicted octanol–water partition coefficient (Wildman–Crippen LogP) is 3.21. The summed E-state index contributed by atoms with van der Waals surface area (Å²) in [7, 11) is 0. The smallest absolute Gasteiger partial charge is 0.312 e. The summed E-state index contributed by atoms with van der Waals surface area (Å²) in [6, 6.07) is 5.76. The summed E-state index contributed by atoms with van der Waals surface area (Å²) < 4.78 is 18.2. The molecule has 2 rings (SSSR count). The summed E-state index contributed by atoms with van der Waals surface area (Å²) in [5, 5.41) is 6.59. The maximum absolute atomic E-state index is 13.1. The number of rotatable bonds is 7. The number of amides is 3. The Morgan fingerprint density at radius 1 is 1.33 bits per heavy atom. The van der Waals surface area contributed by atoms with E-state index in [2.05, 4.69) is 10.6 Å². The standard InChI is InChI=1S/C17H17ClFN3O4S/c1-9(16(24)21-10-4-5-12(19)11(18)7-10)26-15(23)8-13(22-17(20)25)14-3-2-6-27-14/h2-7,9,13H,8H2,1H3,(H,21,24)(H3,20,22,25)/t9-,13+/m1/s1. The maximum Gasteiger partial charge on any atom is 0.312 e. The molecule has 4 N–H and O–H groups in total. The number of nitrogens with one attached hydrogen (secondary N) is 2. The Labute approximate surface area is 163 Å². The fourth-order valence-electron chi connectivity index (χ4n) is 2.17. The van der Waals surface area contributed by atoms with Crippen LogP contribution < -0.4 is 16.4 Å².